The number of carbonyl (C=O) groups excluding carboxylic acids is 2. The van der Waals surface area contributed by atoms with Crippen LogP contribution in [-0.4, -0.2) is 46.0 Å². The second-order valence-electron chi connectivity index (χ2n) is 8.48. The van der Waals surface area contributed by atoms with Crippen molar-refractivity contribution < 1.29 is 23.1 Å². The van der Waals surface area contributed by atoms with E-state index >= 15 is 4.39 Å². The number of fused-ring (bicyclic) bond motifs is 2. The number of hydrogen-bond donors (Lipinski definition) is 1. The fourth-order valence-corrected chi connectivity index (χ4v) is 5.03. The van der Waals surface area contributed by atoms with Crippen LogP contribution >= 0.6 is 0 Å². The van der Waals surface area contributed by atoms with Crippen molar-refractivity contribution in [2.45, 2.75) is 31.0 Å². The van der Waals surface area contributed by atoms with Crippen molar-refractivity contribution in [2.24, 2.45) is 13.0 Å². The van der Waals surface area contributed by atoms with Crippen LogP contribution in [0.5, 0.6) is 5.75 Å². The highest BCUT2D eigenvalue weighted by atomic mass is 19.1. The molecule has 3 heterocycles. The second-order valence-corrected chi connectivity index (χ2v) is 8.48. The smallest absolute Gasteiger partial charge is 0.329 e. The van der Waals surface area contributed by atoms with Gasteiger partial charge in [0.05, 0.1) is 48.3 Å². The second kappa shape index (κ2) is 8.06. The fourth-order valence-electron chi connectivity index (χ4n) is 5.03. The number of anilines is 1. The summed E-state index contributed by atoms with van der Waals surface area (Å²) in [4.78, 5) is 31.6. The van der Waals surface area contributed by atoms with Crippen LogP contribution in [-0.2, 0) is 11.8 Å². The summed E-state index contributed by atoms with van der Waals surface area (Å²) in [6.07, 6.45) is 2.99. The molecule has 5 rings (SSSR count). The number of methoxy groups -OCH3 is 1. The van der Waals surface area contributed by atoms with E-state index in [-0.39, 0.29) is 29.8 Å². The first-order valence-corrected chi connectivity index (χ1v) is 10.7. The molecule has 11 heteroatoms. The van der Waals surface area contributed by atoms with Crippen LogP contribution in [0.2, 0.25) is 0 Å². The SMILES string of the molecule is COc1cc(C2CC3NC(=O)N(c4cncc5cnn(C)c45)C(=O)C3CC2F)c(C#N)cc1F. The van der Waals surface area contributed by atoms with E-state index in [1.165, 1.54) is 19.4 Å². The minimum absolute atomic E-state index is 0.00607. The van der Waals surface area contributed by atoms with Crippen LogP contribution < -0.4 is 15.0 Å². The third kappa shape index (κ3) is 3.25. The highest BCUT2D eigenvalue weighted by Gasteiger charge is 2.49. The molecule has 34 heavy (non-hydrogen) atoms. The first-order valence-electron chi connectivity index (χ1n) is 10.7. The Kier molecular flexibility index (Phi) is 5.16. The quantitative estimate of drug-likeness (QED) is 0.635. The van der Waals surface area contributed by atoms with E-state index in [2.05, 4.69) is 15.4 Å². The van der Waals surface area contributed by atoms with Gasteiger partial charge in [-0.05, 0) is 30.5 Å². The molecular weight excluding hydrogens is 446 g/mol. The number of nitrogens with zero attached hydrogens (tertiary/aromatic N) is 5. The molecule has 174 valence electrons. The van der Waals surface area contributed by atoms with Gasteiger partial charge in [-0.3, -0.25) is 14.5 Å². The van der Waals surface area contributed by atoms with Crippen molar-refractivity contribution in [1.82, 2.24) is 20.1 Å². The normalized spacial score (nSPS) is 24.5. The Labute approximate surface area is 192 Å². The predicted octanol–water partition coefficient (Wildman–Crippen LogP) is 2.94. The Bertz CT molecular complexity index is 1370. The Balaban J connectivity index is 1.48. The van der Waals surface area contributed by atoms with Gasteiger partial charge in [-0.2, -0.15) is 10.4 Å². The monoisotopic (exact) mass is 466 g/mol. The molecule has 1 N–H and O–H groups in total. The number of carbonyl (C=O) groups is 2. The molecule has 2 fully saturated rings. The minimum Gasteiger partial charge on any atom is -0.494 e. The lowest BCUT2D eigenvalue weighted by Crippen LogP contribution is -2.63. The number of hydrogen-bond acceptors (Lipinski definition) is 6. The molecule has 1 aliphatic heterocycles. The van der Waals surface area contributed by atoms with Gasteiger partial charge in [0.2, 0.25) is 5.91 Å². The third-order valence-electron chi connectivity index (χ3n) is 6.66. The summed E-state index contributed by atoms with van der Waals surface area (Å²) in [5.41, 5.74) is 1.11. The number of pyridine rings is 1. The molecule has 3 aromatic rings. The molecule has 4 atom stereocenters. The molecule has 2 aliphatic rings. The number of benzene rings is 1. The van der Waals surface area contributed by atoms with E-state index in [9.17, 15) is 19.2 Å². The summed E-state index contributed by atoms with van der Waals surface area (Å²) < 4.78 is 36.1. The number of aryl methyl sites for hydroxylation is 1. The van der Waals surface area contributed by atoms with Crippen LogP contribution in [0.4, 0.5) is 19.3 Å². The average molecular weight is 466 g/mol. The van der Waals surface area contributed by atoms with Crippen LogP contribution in [0, 0.1) is 23.1 Å². The maximum atomic E-state index is 15.5. The number of amides is 3. The molecule has 4 unspecified atom stereocenters. The van der Waals surface area contributed by atoms with Gasteiger partial charge < -0.3 is 10.1 Å². The molecule has 3 amide bonds. The first kappa shape index (κ1) is 21.8. The molecule has 0 spiro atoms. The van der Waals surface area contributed by atoms with Gasteiger partial charge in [-0.1, -0.05) is 0 Å². The van der Waals surface area contributed by atoms with Crippen molar-refractivity contribution in [3.63, 3.8) is 0 Å². The number of ether oxygens (including phenoxy) is 1. The largest absolute Gasteiger partial charge is 0.494 e. The van der Waals surface area contributed by atoms with E-state index in [4.69, 9.17) is 4.74 Å². The summed E-state index contributed by atoms with van der Waals surface area (Å²) in [6.45, 7) is 0. The summed E-state index contributed by atoms with van der Waals surface area (Å²) in [5.74, 6) is -2.97. The Morgan fingerprint density at radius 2 is 2.00 bits per heavy atom. The number of halogens is 2. The van der Waals surface area contributed by atoms with Crippen molar-refractivity contribution >= 4 is 28.5 Å². The highest BCUT2D eigenvalue weighted by molar-refractivity contribution is 6.20. The number of nitrogens with one attached hydrogen (secondary N) is 1. The molecule has 9 nitrogen and oxygen atoms in total. The molecule has 0 bridgehead atoms. The summed E-state index contributed by atoms with van der Waals surface area (Å²) in [6, 6.07) is 2.95. The van der Waals surface area contributed by atoms with E-state index in [1.54, 1.807) is 24.1 Å². The molecule has 0 radical (unpaired) electrons. The number of aromatic nitrogens is 3. The van der Waals surface area contributed by atoms with E-state index in [0.717, 1.165) is 11.0 Å². The molecule has 1 saturated carbocycles. The molecule has 1 saturated heterocycles. The average Bonchev–Trinajstić information content (AvgIpc) is 3.21. The van der Waals surface area contributed by atoms with Gasteiger partial charge in [0.25, 0.3) is 0 Å². The Morgan fingerprint density at radius 3 is 2.74 bits per heavy atom. The van der Waals surface area contributed by atoms with Crippen molar-refractivity contribution in [2.75, 3.05) is 12.0 Å². The van der Waals surface area contributed by atoms with Gasteiger partial charge >= 0.3 is 6.03 Å². The summed E-state index contributed by atoms with van der Waals surface area (Å²) in [7, 11) is 2.97. The van der Waals surface area contributed by atoms with E-state index in [1.807, 2.05) is 6.07 Å². The van der Waals surface area contributed by atoms with E-state index in [0.29, 0.717) is 16.5 Å². The zero-order valence-electron chi connectivity index (χ0n) is 18.3. The number of alkyl halides is 1. The number of urea groups is 1. The number of nitriles is 1. The van der Waals surface area contributed by atoms with Crippen molar-refractivity contribution in [3.05, 3.63) is 47.7 Å². The summed E-state index contributed by atoms with van der Waals surface area (Å²) in [5, 5.41) is 17.1. The fraction of sp³-hybridized carbons (Fsp3) is 0.348. The Morgan fingerprint density at radius 1 is 1.21 bits per heavy atom. The lowest BCUT2D eigenvalue weighted by atomic mass is 9.72. The van der Waals surface area contributed by atoms with Crippen LogP contribution in [0.3, 0.4) is 0 Å². The third-order valence-corrected chi connectivity index (χ3v) is 6.66. The molecule has 1 aliphatic carbocycles. The van der Waals surface area contributed by atoms with E-state index < -0.39 is 41.8 Å². The van der Waals surface area contributed by atoms with Crippen LogP contribution in [0.25, 0.3) is 10.9 Å². The first-order chi connectivity index (χ1) is 16.3. The van der Waals surface area contributed by atoms with Crippen LogP contribution in [0.15, 0.2) is 30.7 Å². The predicted molar refractivity (Wildman–Crippen MR) is 116 cm³/mol. The van der Waals surface area contributed by atoms with Gasteiger partial charge in [0.1, 0.15) is 6.17 Å². The van der Waals surface area contributed by atoms with Gasteiger partial charge in [0.15, 0.2) is 11.6 Å². The standard InChI is InChI=1S/C23H20F2N6O3/c1-30-21-12(9-28-30)8-27-10-19(21)31-22(32)15-4-16(24)14(5-18(15)29-23(31)33)13-6-20(34-2)17(25)3-11(13)7-26/h3,6,8-10,14-16,18H,4-5H2,1-2H3,(H,29,33). The highest BCUT2D eigenvalue weighted by Crippen LogP contribution is 2.43. The zero-order valence-corrected chi connectivity index (χ0v) is 18.3. The number of imide groups is 1. The van der Waals surface area contributed by atoms with Gasteiger partial charge in [-0.15, -0.1) is 0 Å². The lowest BCUT2D eigenvalue weighted by molar-refractivity contribution is -0.125. The molecule has 1 aromatic carbocycles. The maximum Gasteiger partial charge on any atom is 0.329 e. The number of rotatable bonds is 3. The van der Waals surface area contributed by atoms with Gasteiger partial charge in [-0.25, -0.2) is 18.5 Å². The maximum absolute atomic E-state index is 15.5. The van der Waals surface area contributed by atoms with Crippen molar-refractivity contribution in [1.29, 1.82) is 5.26 Å². The zero-order chi connectivity index (χ0) is 24.1. The Hall–Kier alpha value is -4.07. The van der Waals surface area contributed by atoms with Crippen LogP contribution in [0.1, 0.15) is 29.9 Å². The van der Waals surface area contributed by atoms with Gasteiger partial charge in [0, 0.05) is 30.6 Å². The lowest BCUT2D eigenvalue weighted by Gasteiger charge is -2.43. The minimum atomic E-state index is -1.49. The molecule has 2 aromatic heterocycles. The summed E-state index contributed by atoms with van der Waals surface area (Å²) >= 11 is 0. The molecular formula is C23H20F2N6O3. The van der Waals surface area contributed by atoms with Crippen molar-refractivity contribution in [3.8, 4) is 11.8 Å². The topological polar surface area (TPSA) is 113 Å².